The molecule has 1 atom stereocenters. The Kier molecular flexibility index (Phi) is 5.94. The molecule has 0 rings (SSSR count). The lowest BCUT2D eigenvalue weighted by Crippen LogP contribution is -2.20. The van der Waals surface area contributed by atoms with Gasteiger partial charge in [-0.25, -0.2) is 5.48 Å². The van der Waals surface area contributed by atoms with Crippen LogP contribution in [0.1, 0.15) is 33.6 Å². The predicted octanol–water partition coefficient (Wildman–Crippen LogP) is 2.23. The van der Waals surface area contributed by atoms with Crippen LogP contribution in [-0.4, -0.2) is 17.0 Å². The lowest BCUT2D eigenvalue weighted by Gasteiger charge is -2.18. The molecule has 0 spiro atoms. The molecule has 0 saturated carbocycles. The Morgan fingerprint density at radius 2 is 2.12 bits per heavy atom. The second-order valence-electron chi connectivity index (χ2n) is 4.79. The predicted molar refractivity (Wildman–Crippen MR) is 62.8 cm³/mol. The van der Waals surface area contributed by atoms with Gasteiger partial charge < -0.3 is 4.89 Å². The Bertz CT molecular complexity index is 296. The third kappa shape index (κ3) is 8.65. The highest BCUT2D eigenvalue weighted by Gasteiger charge is 2.21. The molecule has 2 N–H and O–H groups in total. The van der Waals surface area contributed by atoms with Crippen LogP contribution in [0.25, 0.3) is 0 Å². The quantitative estimate of drug-likeness (QED) is 0.430. The minimum atomic E-state index is -3.73. The largest absolute Gasteiger partial charge is 0.349 e. The molecule has 0 aromatic heterocycles. The van der Waals surface area contributed by atoms with E-state index in [0.717, 1.165) is 12.5 Å². The first kappa shape index (κ1) is 15.4. The van der Waals surface area contributed by atoms with Gasteiger partial charge in [-0.2, -0.15) is 4.62 Å². The van der Waals surface area contributed by atoms with Gasteiger partial charge in [0.05, 0.1) is 6.16 Å². The van der Waals surface area contributed by atoms with Crippen LogP contribution in [0, 0.1) is 5.41 Å². The number of nitrogens with one attached hydrogen (secondary N) is 1. The molecule has 0 aromatic rings. The third-order valence-electron chi connectivity index (χ3n) is 1.84. The number of carbonyl (C=O) groups is 1. The Hall–Kier alpha value is -0.640. The summed E-state index contributed by atoms with van der Waals surface area (Å²) in [5.41, 5.74) is 1.97. The van der Waals surface area contributed by atoms with Crippen LogP contribution in [0.15, 0.2) is 12.7 Å². The van der Waals surface area contributed by atoms with E-state index >= 15 is 0 Å². The highest BCUT2D eigenvalue weighted by atomic mass is 31.2. The summed E-state index contributed by atoms with van der Waals surface area (Å²) in [6, 6.07) is 0. The Balaban J connectivity index is 3.92. The van der Waals surface area contributed by atoms with Crippen molar-refractivity contribution in [2.24, 2.45) is 5.41 Å². The van der Waals surface area contributed by atoms with Gasteiger partial charge in [-0.15, -0.1) is 0 Å². The van der Waals surface area contributed by atoms with Crippen molar-refractivity contribution < 1.29 is 18.9 Å². The summed E-state index contributed by atoms with van der Waals surface area (Å²) in [7, 11) is -3.73. The number of amides is 1. The third-order valence-corrected chi connectivity index (χ3v) is 3.10. The Labute approximate surface area is 96.4 Å². The van der Waals surface area contributed by atoms with Crippen molar-refractivity contribution in [2.45, 2.75) is 33.6 Å². The van der Waals surface area contributed by atoms with E-state index in [-0.39, 0.29) is 11.6 Å². The van der Waals surface area contributed by atoms with Crippen LogP contribution in [0.2, 0.25) is 0 Å². The normalized spacial score (nSPS) is 15.2. The van der Waals surface area contributed by atoms with Crippen LogP contribution < -0.4 is 5.48 Å². The molecule has 0 aliphatic heterocycles. The monoisotopic (exact) mass is 249 g/mol. The van der Waals surface area contributed by atoms with Crippen molar-refractivity contribution in [3.63, 3.8) is 0 Å². The van der Waals surface area contributed by atoms with E-state index in [0.29, 0.717) is 6.42 Å². The summed E-state index contributed by atoms with van der Waals surface area (Å²) in [4.78, 5) is 20.0. The van der Waals surface area contributed by atoms with Crippen LogP contribution in [-0.2, 0) is 14.0 Å². The first-order valence-electron chi connectivity index (χ1n) is 5.09. The number of carbonyl (C=O) groups excluding carboxylic acids is 1. The lowest BCUT2D eigenvalue weighted by atomic mass is 9.91. The summed E-state index contributed by atoms with van der Waals surface area (Å²) in [6.45, 7) is 9.35. The van der Waals surface area contributed by atoms with E-state index in [4.69, 9.17) is 0 Å². The molecule has 0 aliphatic carbocycles. The van der Waals surface area contributed by atoms with Gasteiger partial charge in [-0.3, -0.25) is 9.36 Å². The van der Waals surface area contributed by atoms with E-state index < -0.39 is 13.5 Å². The minimum Gasteiger partial charge on any atom is -0.323 e. The van der Waals surface area contributed by atoms with E-state index in [1.54, 1.807) is 0 Å². The van der Waals surface area contributed by atoms with Crippen molar-refractivity contribution in [2.75, 3.05) is 6.16 Å². The topological polar surface area (TPSA) is 75.6 Å². The van der Waals surface area contributed by atoms with Gasteiger partial charge in [0.25, 0.3) is 5.91 Å². The molecule has 1 unspecified atom stereocenters. The molecule has 5 nitrogen and oxygen atoms in total. The molecular formula is C10H20NO4P. The molecule has 16 heavy (non-hydrogen) atoms. The number of hydrogen-bond acceptors (Lipinski definition) is 3. The molecule has 0 bridgehead atoms. The van der Waals surface area contributed by atoms with E-state index in [1.165, 1.54) is 0 Å². The smallest absolute Gasteiger partial charge is 0.323 e. The van der Waals surface area contributed by atoms with Crippen LogP contribution >= 0.6 is 7.60 Å². The van der Waals surface area contributed by atoms with Crippen molar-refractivity contribution in [1.82, 2.24) is 5.48 Å². The molecule has 94 valence electrons. The SMILES string of the molecule is C=CC(=O)NOP(=O)(O)CCCC(C)(C)C. The molecular weight excluding hydrogens is 229 g/mol. The fourth-order valence-electron chi connectivity index (χ4n) is 1.01. The maximum Gasteiger partial charge on any atom is 0.349 e. The molecule has 0 heterocycles. The van der Waals surface area contributed by atoms with Crippen molar-refractivity contribution in [3.05, 3.63) is 12.7 Å². The zero-order valence-electron chi connectivity index (χ0n) is 10.0. The fraction of sp³-hybridized carbons (Fsp3) is 0.700. The second-order valence-corrected chi connectivity index (χ2v) is 6.69. The zero-order chi connectivity index (χ0) is 12.8. The number of hydroxylamine groups is 1. The fourth-order valence-corrected chi connectivity index (χ4v) is 1.89. The van der Waals surface area contributed by atoms with Gasteiger partial charge in [0.15, 0.2) is 0 Å². The Morgan fingerprint density at radius 1 is 1.56 bits per heavy atom. The van der Waals surface area contributed by atoms with Gasteiger partial charge in [-0.1, -0.05) is 27.4 Å². The van der Waals surface area contributed by atoms with Crippen LogP contribution in [0.4, 0.5) is 0 Å². The average molecular weight is 249 g/mol. The highest BCUT2D eigenvalue weighted by Crippen LogP contribution is 2.42. The highest BCUT2D eigenvalue weighted by molar-refractivity contribution is 7.52. The molecule has 6 heteroatoms. The first-order valence-corrected chi connectivity index (χ1v) is 6.85. The molecule has 0 fully saturated rings. The first-order chi connectivity index (χ1) is 7.16. The number of hydrogen-bond donors (Lipinski definition) is 2. The van der Waals surface area contributed by atoms with E-state index in [2.05, 4.69) is 32.0 Å². The molecule has 0 saturated heterocycles. The minimum absolute atomic E-state index is 0.0295. The van der Waals surface area contributed by atoms with E-state index in [9.17, 15) is 14.3 Å². The molecule has 0 radical (unpaired) electrons. The summed E-state index contributed by atoms with van der Waals surface area (Å²) in [6.07, 6.45) is 2.38. The van der Waals surface area contributed by atoms with Crippen LogP contribution in [0.5, 0.6) is 0 Å². The van der Waals surface area contributed by atoms with Gasteiger partial charge in [0.2, 0.25) is 0 Å². The van der Waals surface area contributed by atoms with Crippen molar-refractivity contribution in [1.29, 1.82) is 0 Å². The van der Waals surface area contributed by atoms with Crippen molar-refractivity contribution in [3.8, 4) is 0 Å². The second kappa shape index (κ2) is 6.18. The maximum atomic E-state index is 11.4. The summed E-state index contributed by atoms with van der Waals surface area (Å²) in [5, 5.41) is 0. The zero-order valence-corrected chi connectivity index (χ0v) is 10.9. The molecule has 0 aliphatic rings. The van der Waals surface area contributed by atoms with Gasteiger partial charge in [-0.05, 0) is 24.3 Å². The average Bonchev–Trinajstić information content (AvgIpc) is 2.12. The molecule has 0 aromatic carbocycles. The summed E-state index contributed by atoms with van der Waals surface area (Å²) < 4.78 is 15.8. The van der Waals surface area contributed by atoms with E-state index in [1.807, 2.05) is 5.48 Å². The molecule has 1 amide bonds. The summed E-state index contributed by atoms with van der Waals surface area (Å²) in [5.74, 6) is -0.634. The standard InChI is InChI=1S/C10H20NO4P/c1-5-9(12)11-15-16(13,14)8-6-7-10(2,3)4/h5H,1,6-8H2,2-4H3,(H,11,12)(H,13,14). The lowest BCUT2D eigenvalue weighted by molar-refractivity contribution is -0.123. The van der Waals surface area contributed by atoms with Gasteiger partial charge in [0.1, 0.15) is 0 Å². The van der Waals surface area contributed by atoms with Crippen molar-refractivity contribution >= 4 is 13.5 Å². The van der Waals surface area contributed by atoms with Gasteiger partial charge in [0, 0.05) is 0 Å². The summed E-state index contributed by atoms with van der Waals surface area (Å²) >= 11 is 0. The van der Waals surface area contributed by atoms with Crippen LogP contribution in [0.3, 0.4) is 0 Å². The van der Waals surface area contributed by atoms with Gasteiger partial charge >= 0.3 is 7.60 Å². The Morgan fingerprint density at radius 3 is 2.56 bits per heavy atom. The maximum absolute atomic E-state index is 11.4. The number of rotatable bonds is 6.